The molecule has 2 aliphatic rings. The SMILES string of the molecule is Cn1cc2c(n1)[C@@H](C(=O)N1CCOCC1)CN(C(=O)c1ccncc1)C2. The maximum atomic E-state index is 13.1. The standard InChI is InChI=1S/C18H21N5O3/c1-21-10-14-11-23(17(24)13-2-4-19-5-3-13)12-15(16(14)20-21)18(25)22-6-8-26-9-7-22/h2-5,10,15H,6-9,11-12H2,1H3/t15-/m0/s1. The molecule has 1 saturated heterocycles. The van der Waals surface area contributed by atoms with Crippen molar-refractivity contribution < 1.29 is 14.3 Å². The molecular formula is C18H21N5O3. The van der Waals surface area contributed by atoms with Gasteiger partial charge in [0.1, 0.15) is 5.92 Å². The largest absolute Gasteiger partial charge is 0.378 e. The molecule has 4 rings (SSSR count). The number of carbonyl (C=O) groups excluding carboxylic acids is 2. The number of morpholine rings is 1. The van der Waals surface area contributed by atoms with Gasteiger partial charge in [-0.15, -0.1) is 0 Å². The smallest absolute Gasteiger partial charge is 0.254 e. The third-order valence-corrected chi connectivity index (χ3v) is 4.87. The van der Waals surface area contributed by atoms with Gasteiger partial charge in [-0.25, -0.2) is 0 Å². The molecule has 1 atom stereocenters. The van der Waals surface area contributed by atoms with E-state index in [0.717, 1.165) is 11.3 Å². The Hall–Kier alpha value is -2.74. The highest BCUT2D eigenvalue weighted by Gasteiger charge is 2.37. The van der Waals surface area contributed by atoms with Crippen molar-refractivity contribution >= 4 is 11.8 Å². The number of fused-ring (bicyclic) bond motifs is 1. The topological polar surface area (TPSA) is 80.6 Å². The van der Waals surface area contributed by atoms with E-state index in [4.69, 9.17) is 4.74 Å². The molecule has 136 valence electrons. The summed E-state index contributed by atoms with van der Waals surface area (Å²) in [6.45, 7) is 3.05. The predicted molar refractivity (Wildman–Crippen MR) is 92.3 cm³/mol. The van der Waals surface area contributed by atoms with Gasteiger partial charge in [-0.2, -0.15) is 5.10 Å². The monoisotopic (exact) mass is 355 g/mol. The second-order valence-electron chi connectivity index (χ2n) is 6.63. The Labute approximate surface area is 151 Å². The summed E-state index contributed by atoms with van der Waals surface area (Å²) in [5.41, 5.74) is 2.28. The molecule has 2 aliphatic heterocycles. The number of rotatable bonds is 2. The Morgan fingerprint density at radius 3 is 2.62 bits per heavy atom. The van der Waals surface area contributed by atoms with Crippen molar-refractivity contribution in [2.75, 3.05) is 32.8 Å². The van der Waals surface area contributed by atoms with Crippen molar-refractivity contribution in [2.24, 2.45) is 7.05 Å². The van der Waals surface area contributed by atoms with Gasteiger partial charge in [-0.05, 0) is 12.1 Å². The maximum Gasteiger partial charge on any atom is 0.254 e. The van der Waals surface area contributed by atoms with E-state index in [0.29, 0.717) is 45.0 Å². The quantitative estimate of drug-likeness (QED) is 0.780. The van der Waals surface area contributed by atoms with Gasteiger partial charge in [0.15, 0.2) is 0 Å². The van der Waals surface area contributed by atoms with Crippen LogP contribution in [0.15, 0.2) is 30.7 Å². The van der Waals surface area contributed by atoms with Gasteiger partial charge >= 0.3 is 0 Å². The molecule has 2 amide bonds. The van der Waals surface area contributed by atoms with Gasteiger partial charge in [-0.1, -0.05) is 0 Å². The van der Waals surface area contributed by atoms with Crippen LogP contribution >= 0.6 is 0 Å². The first kappa shape index (κ1) is 16.7. The summed E-state index contributed by atoms with van der Waals surface area (Å²) in [5, 5.41) is 4.51. The van der Waals surface area contributed by atoms with E-state index in [1.807, 2.05) is 18.1 Å². The number of aryl methyl sites for hydroxylation is 1. The van der Waals surface area contributed by atoms with Crippen LogP contribution in [0.25, 0.3) is 0 Å². The lowest BCUT2D eigenvalue weighted by Crippen LogP contribution is -2.48. The minimum Gasteiger partial charge on any atom is -0.378 e. The number of ether oxygens (including phenoxy) is 1. The summed E-state index contributed by atoms with van der Waals surface area (Å²) in [7, 11) is 1.84. The number of amides is 2. The molecule has 0 unspecified atom stereocenters. The zero-order valence-corrected chi connectivity index (χ0v) is 14.7. The fraction of sp³-hybridized carbons (Fsp3) is 0.444. The number of hydrogen-bond donors (Lipinski definition) is 0. The van der Waals surface area contributed by atoms with Crippen molar-refractivity contribution in [3.63, 3.8) is 0 Å². The molecule has 0 saturated carbocycles. The van der Waals surface area contributed by atoms with Crippen LogP contribution in [0.5, 0.6) is 0 Å². The number of nitrogens with zero attached hydrogens (tertiary/aromatic N) is 5. The van der Waals surface area contributed by atoms with Crippen LogP contribution in [0, 0.1) is 0 Å². The number of pyridine rings is 1. The zero-order valence-electron chi connectivity index (χ0n) is 14.7. The minimum absolute atomic E-state index is 0.0143. The van der Waals surface area contributed by atoms with Gasteiger partial charge in [-0.3, -0.25) is 19.3 Å². The molecule has 4 heterocycles. The van der Waals surface area contributed by atoms with E-state index in [1.165, 1.54) is 0 Å². The molecule has 26 heavy (non-hydrogen) atoms. The van der Waals surface area contributed by atoms with E-state index in [-0.39, 0.29) is 11.8 Å². The Bertz CT molecular complexity index is 813. The lowest BCUT2D eigenvalue weighted by Gasteiger charge is -2.35. The van der Waals surface area contributed by atoms with Crippen LogP contribution < -0.4 is 0 Å². The normalized spacial score (nSPS) is 20.0. The number of hydrogen-bond acceptors (Lipinski definition) is 5. The summed E-state index contributed by atoms with van der Waals surface area (Å²) in [4.78, 5) is 33.5. The first-order chi connectivity index (χ1) is 12.6. The lowest BCUT2D eigenvalue weighted by atomic mass is 9.94. The molecule has 2 aromatic rings. The third kappa shape index (κ3) is 3.08. The van der Waals surface area contributed by atoms with Gasteiger partial charge in [0.2, 0.25) is 5.91 Å². The van der Waals surface area contributed by atoms with Crippen LogP contribution in [0.3, 0.4) is 0 Å². The molecule has 2 aromatic heterocycles. The zero-order chi connectivity index (χ0) is 18.1. The molecule has 0 bridgehead atoms. The summed E-state index contributed by atoms with van der Waals surface area (Å²) in [6.07, 6.45) is 5.09. The lowest BCUT2D eigenvalue weighted by molar-refractivity contribution is -0.137. The van der Waals surface area contributed by atoms with Crippen molar-refractivity contribution in [3.05, 3.63) is 47.5 Å². The molecule has 8 nitrogen and oxygen atoms in total. The van der Waals surface area contributed by atoms with Gasteiger partial charge in [0.25, 0.3) is 5.91 Å². The third-order valence-electron chi connectivity index (χ3n) is 4.87. The summed E-state index contributed by atoms with van der Waals surface area (Å²) in [5.74, 6) is -0.522. The predicted octanol–water partition coefficient (Wildman–Crippen LogP) is 0.413. The summed E-state index contributed by atoms with van der Waals surface area (Å²) in [6, 6.07) is 3.39. The fourth-order valence-electron chi connectivity index (χ4n) is 3.58. The van der Waals surface area contributed by atoms with Gasteiger partial charge in [0, 0.05) is 62.9 Å². The highest BCUT2D eigenvalue weighted by Crippen LogP contribution is 2.30. The van der Waals surface area contributed by atoms with Crippen molar-refractivity contribution in [1.82, 2.24) is 24.6 Å². The molecule has 0 N–H and O–H groups in total. The second-order valence-corrected chi connectivity index (χ2v) is 6.63. The van der Waals surface area contributed by atoms with Crippen LogP contribution in [-0.2, 0) is 23.1 Å². The Morgan fingerprint density at radius 2 is 1.88 bits per heavy atom. The second kappa shape index (κ2) is 6.87. The maximum absolute atomic E-state index is 13.1. The molecule has 0 aliphatic carbocycles. The number of aromatic nitrogens is 3. The molecule has 0 radical (unpaired) electrons. The summed E-state index contributed by atoms with van der Waals surface area (Å²) >= 11 is 0. The molecule has 8 heteroatoms. The molecular weight excluding hydrogens is 334 g/mol. The molecule has 0 spiro atoms. The van der Waals surface area contributed by atoms with E-state index in [1.54, 1.807) is 34.1 Å². The van der Waals surface area contributed by atoms with E-state index in [9.17, 15) is 9.59 Å². The fourth-order valence-corrected chi connectivity index (χ4v) is 3.58. The van der Waals surface area contributed by atoms with Crippen LogP contribution in [-0.4, -0.2) is 69.2 Å². The summed E-state index contributed by atoms with van der Waals surface area (Å²) < 4.78 is 7.06. The Kier molecular flexibility index (Phi) is 4.42. The first-order valence-electron chi connectivity index (χ1n) is 8.71. The van der Waals surface area contributed by atoms with Crippen molar-refractivity contribution in [1.29, 1.82) is 0 Å². The Balaban J connectivity index is 1.62. The average molecular weight is 355 g/mol. The van der Waals surface area contributed by atoms with Crippen LogP contribution in [0.4, 0.5) is 0 Å². The highest BCUT2D eigenvalue weighted by molar-refractivity contribution is 5.95. The number of carbonyl (C=O) groups is 2. The molecule has 0 aromatic carbocycles. The average Bonchev–Trinajstić information content (AvgIpc) is 3.07. The Morgan fingerprint density at radius 1 is 1.15 bits per heavy atom. The van der Waals surface area contributed by atoms with Gasteiger partial charge in [0.05, 0.1) is 18.9 Å². The van der Waals surface area contributed by atoms with E-state index >= 15 is 0 Å². The van der Waals surface area contributed by atoms with Crippen molar-refractivity contribution in [3.8, 4) is 0 Å². The minimum atomic E-state index is -0.441. The van der Waals surface area contributed by atoms with Crippen molar-refractivity contribution in [2.45, 2.75) is 12.5 Å². The first-order valence-corrected chi connectivity index (χ1v) is 8.71. The van der Waals surface area contributed by atoms with E-state index in [2.05, 4.69) is 10.1 Å². The van der Waals surface area contributed by atoms with E-state index < -0.39 is 5.92 Å². The van der Waals surface area contributed by atoms with Gasteiger partial charge < -0.3 is 14.5 Å². The van der Waals surface area contributed by atoms with Crippen LogP contribution in [0.1, 0.15) is 27.5 Å². The highest BCUT2D eigenvalue weighted by atomic mass is 16.5. The van der Waals surface area contributed by atoms with Crippen LogP contribution in [0.2, 0.25) is 0 Å². The molecule has 1 fully saturated rings.